The molecule has 0 spiro atoms. The highest BCUT2D eigenvalue weighted by Gasteiger charge is 2.22. The van der Waals surface area contributed by atoms with Crippen LogP contribution in [0.3, 0.4) is 0 Å². The maximum atomic E-state index is 11.3. The van der Waals surface area contributed by atoms with Crippen molar-refractivity contribution in [3.8, 4) is 0 Å². The lowest BCUT2D eigenvalue weighted by Crippen LogP contribution is -2.20. The largest absolute Gasteiger partial charge is 0.396 e. The fourth-order valence-electron chi connectivity index (χ4n) is 2.34. The average molecular weight is 292 g/mol. The molecule has 0 aromatic carbocycles. The molecule has 7 nitrogen and oxygen atoms in total. The number of nitro groups is 1. The number of pyridine rings is 1. The van der Waals surface area contributed by atoms with Crippen LogP contribution < -0.4 is 0 Å². The number of imidazole rings is 1. The summed E-state index contributed by atoms with van der Waals surface area (Å²) in [7, 11) is 1.92. The molecule has 0 atom stereocenters. The van der Waals surface area contributed by atoms with Gasteiger partial charge in [0.25, 0.3) is 0 Å². The Hall–Kier alpha value is -1.99. The van der Waals surface area contributed by atoms with E-state index in [4.69, 9.17) is 5.11 Å². The molecular formula is C14H20N4O3. The Morgan fingerprint density at radius 1 is 1.38 bits per heavy atom. The van der Waals surface area contributed by atoms with Crippen LogP contribution >= 0.6 is 0 Å². The first-order chi connectivity index (χ1) is 10.1. The molecule has 0 aliphatic carbocycles. The van der Waals surface area contributed by atoms with Crippen LogP contribution in [0.1, 0.15) is 25.0 Å². The first kappa shape index (κ1) is 15.4. The number of hydrogen-bond donors (Lipinski definition) is 1. The van der Waals surface area contributed by atoms with Crippen LogP contribution in [-0.4, -0.2) is 44.5 Å². The lowest BCUT2D eigenvalue weighted by atomic mass is 10.2. The molecule has 21 heavy (non-hydrogen) atoms. The molecule has 0 radical (unpaired) electrons. The van der Waals surface area contributed by atoms with Crippen molar-refractivity contribution in [2.75, 3.05) is 20.2 Å². The van der Waals surface area contributed by atoms with Gasteiger partial charge in [0.15, 0.2) is 5.69 Å². The van der Waals surface area contributed by atoms with Gasteiger partial charge in [-0.05, 0) is 43.8 Å². The summed E-state index contributed by atoms with van der Waals surface area (Å²) in [5, 5.41) is 20.0. The molecule has 2 aromatic heterocycles. The van der Waals surface area contributed by atoms with Crippen molar-refractivity contribution >= 4 is 11.5 Å². The monoisotopic (exact) mass is 292 g/mol. The summed E-state index contributed by atoms with van der Waals surface area (Å²) in [5.74, 6) is 0.0350. The summed E-state index contributed by atoms with van der Waals surface area (Å²) in [6.07, 6.45) is 4.36. The number of aliphatic hydroxyl groups is 1. The zero-order valence-corrected chi connectivity index (χ0v) is 12.1. The summed E-state index contributed by atoms with van der Waals surface area (Å²) in [5.41, 5.74) is 1.07. The highest BCUT2D eigenvalue weighted by molar-refractivity contribution is 5.48. The number of unbranched alkanes of at least 4 members (excludes halogenated alkanes) is 2. The van der Waals surface area contributed by atoms with Crippen LogP contribution in [0.2, 0.25) is 0 Å². The van der Waals surface area contributed by atoms with Crippen molar-refractivity contribution in [3.63, 3.8) is 0 Å². The van der Waals surface area contributed by atoms with Gasteiger partial charge in [0.2, 0.25) is 5.65 Å². The summed E-state index contributed by atoms with van der Waals surface area (Å²) in [6.45, 7) is 1.48. The molecule has 0 aliphatic heterocycles. The number of fused-ring (bicyclic) bond motifs is 1. The molecule has 7 heteroatoms. The molecular weight excluding hydrogens is 272 g/mol. The molecule has 2 rings (SSSR count). The number of aromatic nitrogens is 2. The van der Waals surface area contributed by atoms with Gasteiger partial charge in [-0.1, -0.05) is 6.07 Å². The van der Waals surface area contributed by atoms with Crippen LogP contribution in [0.25, 0.3) is 5.65 Å². The lowest BCUT2D eigenvalue weighted by Gasteiger charge is -2.14. The number of nitrogens with zero attached hydrogens (tertiary/aromatic N) is 4. The van der Waals surface area contributed by atoms with E-state index >= 15 is 0 Å². The van der Waals surface area contributed by atoms with Gasteiger partial charge in [0, 0.05) is 19.2 Å². The van der Waals surface area contributed by atoms with Gasteiger partial charge in [-0.15, -0.1) is 0 Å². The zero-order valence-electron chi connectivity index (χ0n) is 12.1. The fourth-order valence-corrected chi connectivity index (χ4v) is 2.34. The minimum atomic E-state index is -0.380. The van der Waals surface area contributed by atoms with Crippen LogP contribution in [0.4, 0.5) is 5.82 Å². The van der Waals surface area contributed by atoms with E-state index in [-0.39, 0.29) is 17.3 Å². The van der Waals surface area contributed by atoms with E-state index in [0.717, 1.165) is 25.8 Å². The molecule has 1 N–H and O–H groups in total. The fraction of sp³-hybridized carbons (Fsp3) is 0.500. The summed E-state index contributed by atoms with van der Waals surface area (Å²) in [6, 6.07) is 5.33. The van der Waals surface area contributed by atoms with Gasteiger partial charge in [-0.2, -0.15) is 4.40 Å². The molecule has 114 valence electrons. The van der Waals surface area contributed by atoms with Gasteiger partial charge in [0.05, 0.1) is 6.20 Å². The molecule has 2 aromatic rings. The summed E-state index contributed by atoms with van der Waals surface area (Å²) in [4.78, 5) is 17.3. The summed E-state index contributed by atoms with van der Waals surface area (Å²) < 4.78 is 1.51. The second kappa shape index (κ2) is 7.14. The zero-order chi connectivity index (χ0) is 15.2. The van der Waals surface area contributed by atoms with Gasteiger partial charge in [-0.3, -0.25) is 0 Å². The van der Waals surface area contributed by atoms with Crippen LogP contribution in [-0.2, 0) is 6.54 Å². The molecule has 0 saturated carbocycles. The molecule has 0 unspecified atom stereocenters. The quantitative estimate of drug-likeness (QED) is 0.456. The van der Waals surface area contributed by atoms with Gasteiger partial charge < -0.3 is 20.1 Å². The molecule has 0 saturated heterocycles. The van der Waals surface area contributed by atoms with E-state index in [1.807, 2.05) is 18.0 Å². The topological polar surface area (TPSA) is 83.9 Å². The van der Waals surface area contributed by atoms with Crippen molar-refractivity contribution in [2.24, 2.45) is 0 Å². The van der Waals surface area contributed by atoms with Crippen molar-refractivity contribution in [3.05, 3.63) is 40.2 Å². The van der Waals surface area contributed by atoms with Crippen molar-refractivity contribution in [2.45, 2.75) is 25.8 Å². The van der Waals surface area contributed by atoms with Crippen molar-refractivity contribution in [1.82, 2.24) is 14.3 Å². The van der Waals surface area contributed by atoms with E-state index in [2.05, 4.69) is 4.98 Å². The normalized spacial score (nSPS) is 11.4. The van der Waals surface area contributed by atoms with Crippen LogP contribution in [0, 0.1) is 10.1 Å². The molecule has 0 fully saturated rings. The first-order valence-electron chi connectivity index (χ1n) is 7.03. The maximum Gasteiger partial charge on any atom is 0.352 e. The first-order valence-corrected chi connectivity index (χ1v) is 7.03. The Morgan fingerprint density at radius 2 is 2.19 bits per heavy atom. The van der Waals surface area contributed by atoms with E-state index in [1.54, 1.807) is 18.3 Å². The Labute approximate surface area is 123 Å². The smallest absolute Gasteiger partial charge is 0.352 e. The molecule has 0 bridgehead atoms. The minimum Gasteiger partial charge on any atom is -0.396 e. The Kier molecular flexibility index (Phi) is 5.24. The summed E-state index contributed by atoms with van der Waals surface area (Å²) >= 11 is 0. The Bertz CT molecular complexity index is 611. The average Bonchev–Trinajstić information content (AvgIpc) is 2.81. The lowest BCUT2D eigenvalue weighted by molar-refractivity contribution is -0.391. The van der Waals surface area contributed by atoms with E-state index in [9.17, 15) is 10.1 Å². The second-order valence-corrected chi connectivity index (χ2v) is 5.09. The number of hydrogen-bond acceptors (Lipinski definition) is 5. The number of rotatable bonds is 8. The SMILES string of the molecule is CN(CCCCCO)Cc1nc2ccccn2c1[N+](=O)[O-]. The predicted molar refractivity (Wildman–Crippen MR) is 79.1 cm³/mol. The predicted octanol–water partition coefficient (Wildman–Crippen LogP) is 1.84. The highest BCUT2D eigenvalue weighted by atomic mass is 16.6. The second-order valence-electron chi connectivity index (χ2n) is 5.09. The van der Waals surface area contributed by atoms with Gasteiger partial charge in [0.1, 0.15) is 0 Å². The highest BCUT2D eigenvalue weighted by Crippen LogP contribution is 2.21. The molecule has 0 amide bonds. The van der Waals surface area contributed by atoms with Gasteiger partial charge in [-0.25, -0.2) is 4.98 Å². The van der Waals surface area contributed by atoms with Crippen LogP contribution in [0.15, 0.2) is 24.4 Å². The Morgan fingerprint density at radius 3 is 2.90 bits per heavy atom. The third-order valence-corrected chi connectivity index (χ3v) is 3.36. The minimum absolute atomic E-state index is 0.0350. The third-order valence-electron chi connectivity index (χ3n) is 3.36. The standard InChI is InChI=1S/C14H20N4O3/c1-16(8-4-2-6-10-19)11-12-14(18(20)21)17-9-5-3-7-13(17)15-12/h3,5,7,9,19H,2,4,6,8,10-11H2,1H3. The third kappa shape index (κ3) is 3.77. The van der Waals surface area contributed by atoms with Crippen LogP contribution in [0.5, 0.6) is 0 Å². The van der Waals surface area contributed by atoms with E-state index < -0.39 is 0 Å². The molecule has 2 heterocycles. The van der Waals surface area contributed by atoms with Gasteiger partial charge >= 0.3 is 5.82 Å². The molecule has 0 aliphatic rings. The maximum absolute atomic E-state index is 11.3. The number of aliphatic hydroxyl groups excluding tert-OH is 1. The Balaban J connectivity index is 2.10. The van der Waals surface area contributed by atoms with E-state index in [0.29, 0.717) is 17.9 Å². The van der Waals surface area contributed by atoms with Crippen molar-refractivity contribution < 1.29 is 10.0 Å². The van der Waals surface area contributed by atoms with Crippen molar-refractivity contribution in [1.29, 1.82) is 0 Å². The van der Waals surface area contributed by atoms with E-state index in [1.165, 1.54) is 4.40 Å².